The van der Waals surface area contributed by atoms with Crippen molar-refractivity contribution in [2.75, 3.05) is 11.9 Å². The zero-order valence-electron chi connectivity index (χ0n) is 13.5. The van der Waals surface area contributed by atoms with Crippen molar-refractivity contribution < 1.29 is 9.59 Å². The van der Waals surface area contributed by atoms with Gasteiger partial charge in [0.2, 0.25) is 0 Å². The van der Waals surface area contributed by atoms with Gasteiger partial charge in [0.15, 0.2) is 0 Å². The summed E-state index contributed by atoms with van der Waals surface area (Å²) in [6.45, 7) is 0.614. The molecule has 124 valence electrons. The van der Waals surface area contributed by atoms with E-state index in [-0.39, 0.29) is 0 Å². The molecule has 1 heterocycles. The first kappa shape index (κ1) is 15.1. The number of nitrogens with zero attached hydrogens (tertiary/aromatic N) is 1. The molecular formula is C19H21N3O2. The van der Waals surface area contributed by atoms with Crippen molar-refractivity contribution in [2.24, 2.45) is 17.8 Å². The third kappa shape index (κ3) is 2.98. The number of para-hydroxylation sites is 1. The number of amides is 2. The van der Waals surface area contributed by atoms with Crippen molar-refractivity contribution in [3.05, 3.63) is 36.5 Å². The minimum absolute atomic E-state index is 0.536. The van der Waals surface area contributed by atoms with Crippen LogP contribution in [0.3, 0.4) is 0 Å². The summed E-state index contributed by atoms with van der Waals surface area (Å²) in [6, 6.07) is 9.48. The Morgan fingerprint density at radius 1 is 1.12 bits per heavy atom. The van der Waals surface area contributed by atoms with E-state index in [2.05, 4.69) is 15.6 Å². The number of fused-ring (bicyclic) bond motifs is 3. The maximum Gasteiger partial charge on any atom is 0.313 e. The van der Waals surface area contributed by atoms with E-state index < -0.39 is 11.8 Å². The van der Waals surface area contributed by atoms with Gasteiger partial charge in [0.05, 0.1) is 17.4 Å². The molecule has 0 unspecified atom stereocenters. The second-order valence-corrected chi connectivity index (χ2v) is 7.02. The Bertz CT molecular complexity index is 789. The van der Waals surface area contributed by atoms with Gasteiger partial charge < -0.3 is 10.6 Å². The minimum atomic E-state index is -0.629. The maximum atomic E-state index is 12.1. The van der Waals surface area contributed by atoms with Crippen molar-refractivity contribution >= 4 is 28.4 Å². The van der Waals surface area contributed by atoms with Gasteiger partial charge in [0.1, 0.15) is 0 Å². The van der Waals surface area contributed by atoms with Gasteiger partial charge in [0.25, 0.3) is 0 Å². The van der Waals surface area contributed by atoms with Crippen LogP contribution >= 0.6 is 0 Å². The number of carbonyl (C=O) groups is 2. The summed E-state index contributed by atoms with van der Waals surface area (Å²) >= 11 is 0. The zero-order valence-corrected chi connectivity index (χ0v) is 13.5. The highest BCUT2D eigenvalue weighted by molar-refractivity contribution is 6.39. The topological polar surface area (TPSA) is 71.1 Å². The van der Waals surface area contributed by atoms with Crippen LogP contribution < -0.4 is 10.6 Å². The van der Waals surface area contributed by atoms with Gasteiger partial charge in [-0.15, -0.1) is 0 Å². The monoisotopic (exact) mass is 323 g/mol. The molecule has 2 saturated carbocycles. The molecule has 1 aromatic carbocycles. The first-order valence-corrected chi connectivity index (χ1v) is 8.63. The molecule has 0 aliphatic heterocycles. The summed E-state index contributed by atoms with van der Waals surface area (Å²) in [5.41, 5.74) is 1.39. The lowest BCUT2D eigenvalue weighted by Gasteiger charge is -2.21. The van der Waals surface area contributed by atoms with Crippen molar-refractivity contribution in [1.29, 1.82) is 0 Å². The van der Waals surface area contributed by atoms with Crippen LogP contribution in [0.5, 0.6) is 0 Å². The number of pyridine rings is 1. The van der Waals surface area contributed by atoms with Crippen LogP contribution in [0.25, 0.3) is 10.9 Å². The van der Waals surface area contributed by atoms with Crippen LogP contribution in [0.4, 0.5) is 5.69 Å². The standard InChI is InChI=1S/C19H21N3O2/c23-18(21-10-15-8-12-5-6-13(15)7-12)19(24)22-16-9-14-3-1-2-4-17(14)20-11-16/h1-4,9,11-13,15H,5-8,10H2,(H,21,23)(H,22,24)/t12-,13-,15-/m0/s1. The fourth-order valence-electron chi connectivity index (χ4n) is 4.26. The molecule has 5 heteroatoms. The first-order chi connectivity index (χ1) is 11.7. The van der Waals surface area contributed by atoms with Crippen LogP contribution in [0.2, 0.25) is 0 Å². The molecule has 2 N–H and O–H groups in total. The van der Waals surface area contributed by atoms with Gasteiger partial charge in [0, 0.05) is 11.9 Å². The van der Waals surface area contributed by atoms with Crippen molar-refractivity contribution in [3.8, 4) is 0 Å². The molecule has 2 bridgehead atoms. The second-order valence-electron chi connectivity index (χ2n) is 7.02. The number of benzene rings is 1. The van der Waals surface area contributed by atoms with E-state index >= 15 is 0 Å². The fourth-order valence-corrected chi connectivity index (χ4v) is 4.26. The van der Waals surface area contributed by atoms with Gasteiger partial charge >= 0.3 is 11.8 Å². The lowest BCUT2D eigenvalue weighted by Crippen LogP contribution is -2.39. The molecule has 5 nitrogen and oxygen atoms in total. The van der Waals surface area contributed by atoms with Crippen molar-refractivity contribution in [2.45, 2.75) is 25.7 Å². The van der Waals surface area contributed by atoms with Gasteiger partial charge in [-0.1, -0.05) is 24.6 Å². The van der Waals surface area contributed by atoms with E-state index in [9.17, 15) is 9.59 Å². The summed E-state index contributed by atoms with van der Waals surface area (Å²) in [7, 11) is 0. The first-order valence-electron chi connectivity index (χ1n) is 8.63. The average molecular weight is 323 g/mol. The molecule has 2 fully saturated rings. The maximum absolute atomic E-state index is 12.1. The quantitative estimate of drug-likeness (QED) is 0.853. The molecule has 2 aliphatic carbocycles. The molecule has 1 aromatic heterocycles. The Labute approximate surface area is 140 Å². The van der Waals surface area contributed by atoms with E-state index in [1.54, 1.807) is 6.20 Å². The molecule has 2 aromatic rings. The van der Waals surface area contributed by atoms with Gasteiger partial charge in [-0.25, -0.2) is 0 Å². The number of carbonyl (C=O) groups excluding carboxylic acids is 2. The molecule has 0 radical (unpaired) electrons. The fraction of sp³-hybridized carbons (Fsp3) is 0.421. The lowest BCUT2D eigenvalue weighted by molar-refractivity contribution is -0.136. The summed E-state index contributed by atoms with van der Waals surface area (Å²) in [6.07, 6.45) is 6.69. The summed E-state index contributed by atoms with van der Waals surface area (Å²) in [5.74, 6) is 0.932. The minimum Gasteiger partial charge on any atom is -0.348 e. The number of aromatic nitrogens is 1. The molecule has 0 saturated heterocycles. The predicted molar refractivity (Wildman–Crippen MR) is 92.3 cm³/mol. The van der Waals surface area contributed by atoms with Crippen LogP contribution in [0.15, 0.2) is 36.5 Å². The molecule has 2 aliphatic rings. The predicted octanol–water partition coefficient (Wildman–Crippen LogP) is 2.73. The average Bonchev–Trinajstić information content (AvgIpc) is 3.22. The summed E-state index contributed by atoms with van der Waals surface area (Å²) in [5, 5.41) is 6.35. The van der Waals surface area contributed by atoms with Crippen molar-refractivity contribution in [1.82, 2.24) is 10.3 Å². The van der Waals surface area contributed by atoms with Crippen LogP contribution in [0.1, 0.15) is 25.7 Å². The molecule has 0 spiro atoms. The van der Waals surface area contributed by atoms with E-state index in [0.717, 1.165) is 22.7 Å². The van der Waals surface area contributed by atoms with E-state index in [1.807, 2.05) is 30.3 Å². The van der Waals surface area contributed by atoms with Crippen LogP contribution in [-0.4, -0.2) is 23.3 Å². The highest BCUT2D eigenvalue weighted by atomic mass is 16.2. The Hall–Kier alpha value is -2.43. The van der Waals surface area contributed by atoms with Gasteiger partial charge in [-0.05, 0) is 49.1 Å². The summed E-state index contributed by atoms with van der Waals surface area (Å²) < 4.78 is 0. The lowest BCUT2D eigenvalue weighted by atomic mass is 9.89. The van der Waals surface area contributed by atoms with E-state index in [4.69, 9.17) is 0 Å². The normalized spacial score (nSPS) is 24.9. The largest absolute Gasteiger partial charge is 0.348 e. The Morgan fingerprint density at radius 3 is 2.79 bits per heavy atom. The molecular weight excluding hydrogens is 302 g/mol. The number of hydrogen-bond acceptors (Lipinski definition) is 3. The molecule has 2 amide bonds. The molecule has 3 atom stereocenters. The van der Waals surface area contributed by atoms with Gasteiger partial charge in [-0.3, -0.25) is 14.6 Å². The number of rotatable bonds is 3. The SMILES string of the molecule is O=C(NC[C@@H]1C[C@H]2CC[C@H]1C2)C(=O)Nc1cnc2ccccc2c1. The molecule has 24 heavy (non-hydrogen) atoms. The Morgan fingerprint density at radius 2 is 2.00 bits per heavy atom. The highest BCUT2D eigenvalue weighted by Crippen LogP contribution is 2.47. The zero-order chi connectivity index (χ0) is 16.5. The van der Waals surface area contributed by atoms with Gasteiger partial charge in [-0.2, -0.15) is 0 Å². The number of nitrogens with one attached hydrogen (secondary N) is 2. The van der Waals surface area contributed by atoms with E-state index in [0.29, 0.717) is 18.2 Å². The van der Waals surface area contributed by atoms with Crippen LogP contribution in [0, 0.1) is 17.8 Å². The Balaban J connectivity index is 1.33. The second kappa shape index (κ2) is 6.23. The summed E-state index contributed by atoms with van der Waals surface area (Å²) in [4.78, 5) is 28.4. The number of hydrogen-bond donors (Lipinski definition) is 2. The third-order valence-corrected chi connectivity index (χ3v) is 5.46. The van der Waals surface area contributed by atoms with Crippen LogP contribution in [-0.2, 0) is 9.59 Å². The Kier molecular flexibility index (Phi) is 3.92. The van der Waals surface area contributed by atoms with Crippen molar-refractivity contribution in [3.63, 3.8) is 0 Å². The number of anilines is 1. The smallest absolute Gasteiger partial charge is 0.313 e. The molecule has 4 rings (SSSR count). The highest BCUT2D eigenvalue weighted by Gasteiger charge is 2.39. The third-order valence-electron chi connectivity index (χ3n) is 5.46. The van der Waals surface area contributed by atoms with E-state index in [1.165, 1.54) is 25.7 Å².